The predicted molar refractivity (Wildman–Crippen MR) is 80.3 cm³/mol. The Morgan fingerprint density at radius 2 is 2.00 bits per heavy atom. The molecular weight excluding hydrogens is 248 g/mol. The number of allylic oxidation sites excluding steroid dienone is 1. The van der Waals surface area contributed by atoms with Crippen molar-refractivity contribution in [1.29, 1.82) is 0 Å². The number of Topliss-reactive ketones (excluding diaryl/α,β-unsaturated/α-hetero) is 1. The van der Waals surface area contributed by atoms with Crippen molar-refractivity contribution in [3.8, 4) is 0 Å². The summed E-state index contributed by atoms with van der Waals surface area (Å²) in [6.07, 6.45) is 9.73. The van der Waals surface area contributed by atoms with E-state index in [0.29, 0.717) is 18.1 Å². The minimum atomic E-state index is -0.201. The monoisotopic (exact) mass is 276 g/mol. The fraction of sp³-hybridized carbons (Fsp3) is 0.833. The molecule has 0 aromatic rings. The molecule has 0 aliphatic heterocycles. The van der Waals surface area contributed by atoms with Crippen LogP contribution in [0, 0.1) is 22.2 Å². The van der Waals surface area contributed by atoms with Crippen molar-refractivity contribution < 1.29 is 9.90 Å². The summed E-state index contributed by atoms with van der Waals surface area (Å²) in [7, 11) is 0. The number of fused-ring (bicyclic) bond motifs is 3. The summed E-state index contributed by atoms with van der Waals surface area (Å²) in [6.45, 7) is 6.95. The fourth-order valence-corrected chi connectivity index (χ4v) is 5.66. The van der Waals surface area contributed by atoms with E-state index in [9.17, 15) is 9.90 Å². The van der Waals surface area contributed by atoms with Gasteiger partial charge in [-0.3, -0.25) is 4.79 Å². The number of aliphatic hydroxyl groups is 1. The van der Waals surface area contributed by atoms with E-state index in [1.807, 2.05) is 0 Å². The van der Waals surface area contributed by atoms with Crippen LogP contribution in [0.4, 0.5) is 0 Å². The Morgan fingerprint density at radius 3 is 2.70 bits per heavy atom. The Labute approximate surface area is 122 Å². The van der Waals surface area contributed by atoms with Gasteiger partial charge in [-0.15, -0.1) is 0 Å². The summed E-state index contributed by atoms with van der Waals surface area (Å²) in [5.41, 5.74) is 1.45. The molecule has 0 saturated heterocycles. The van der Waals surface area contributed by atoms with Crippen molar-refractivity contribution in [2.45, 2.75) is 65.7 Å². The molecule has 0 aromatic heterocycles. The zero-order valence-electron chi connectivity index (χ0n) is 13.2. The topological polar surface area (TPSA) is 37.3 Å². The van der Waals surface area contributed by atoms with Crippen molar-refractivity contribution >= 4 is 5.78 Å². The lowest BCUT2D eigenvalue weighted by atomic mass is 9.44. The van der Waals surface area contributed by atoms with E-state index in [1.165, 1.54) is 12.0 Å². The van der Waals surface area contributed by atoms with Crippen LogP contribution in [-0.2, 0) is 4.79 Å². The Balaban J connectivity index is 2.07. The molecule has 3 aliphatic carbocycles. The second-order valence-corrected chi connectivity index (χ2v) is 8.10. The average Bonchev–Trinajstić information content (AvgIpc) is 2.43. The number of carbonyl (C=O) groups is 1. The van der Waals surface area contributed by atoms with Gasteiger partial charge < -0.3 is 5.11 Å². The van der Waals surface area contributed by atoms with Crippen molar-refractivity contribution in [1.82, 2.24) is 0 Å². The lowest BCUT2D eigenvalue weighted by Gasteiger charge is -2.60. The second-order valence-electron chi connectivity index (χ2n) is 8.10. The zero-order chi connectivity index (χ0) is 14.6. The molecule has 0 spiro atoms. The van der Waals surface area contributed by atoms with Crippen molar-refractivity contribution in [3.63, 3.8) is 0 Å². The molecule has 2 fully saturated rings. The van der Waals surface area contributed by atoms with E-state index in [0.717, 1.165) is 32.1 Å². The van der Waals surface area contributed by atoms with E-state index in [-0.39, 0.29) is 22.9 Å². The van der Waals surface area contributed by atoms with Crippen molar-refractivity contribution in [2.75, 3.05) is 6.61 Å². The quantitative estimate of drug-likeness (QED) is 0.738. The van der Waals surface area contributed by atoms with E-state index in [4.69, 9.17) is 0 Å². The first-order chi connectivity index (χ1) is 9.37. The van der Waals surface area contributed by atoms with E-state index in [2.05, 4.69) is 26.8 Å². The molecular formula is C18H28O2. The summed E-state index contributed by atoms with van der Waals surface area (Å²) in [4.78, 5) is 12.4. The minimum Gasteiger partial charge on any atom is -0.395 e. The number of aliphatic hydroxyl groups excluding tert-OH is 1. The Bertz CT molecular complexity index is 462. The van der Waals surface area contributed by atoms with Gasteiger partial charge in [0.2, 0.25) is 0 Å². The molecule has 0 radical (unpaired) electrons. The van der Waals surface area contributed by atoms with Crippen LogP contribution in [0.25, 0.3) is 0 Å². The van der Waals surface area contributed by atoms with Crippen LogP contribution < -0.4 is 0 Å². The highest BCUT2D eigenvalue weighted by Crippen LogP contribution is 2.65. The smallest absolute Gasteiger partial charge is 0.138 e. The molecule has 1 N–H and O–H groups in total. The van der Waals surface area contributed by atoms with Gasteiger partial charge in [-0.25, -0.2) is 0 Å². The highest BCUT2D eigenvalue weighted by molar-refractivity contribution is 5.85. The van der Waals surface area contributed by atoms with Gasteiger partial charge in [0.25, 0.3) is 0 Å². The van der Waals surface area contributed by atoms with Crippen LogP contribution in [-0.4, -0.2) is 17.5 Å². The normalized spacial score (nSPS) is 43.5. The standard InChI is InChI=1S/C18H28O2/c1-16(2)13-7-11-18(12-19)9-5-4-6-14(18)17(13,3)10-8-15(16)20/h6,13,19H,4-5,7-12H2,1-3H3/t13-,17?,18?/m0/s1. The maximum absolute atomic E-state index is 12.4. The third-order valence-electron chi connectivity index (χ3n) is 6.84. The fourth-order valence-electron chi connectivity index (χ4n) is 5.66. The summed E-state index contributed by atoms with van der Waals surface area (Å²) in [5.74, 6) is 0.883. The first kappa shape index (κ1) is 14.3. The first-order valence-corrected chi connectivity index (χ1v) is 8.22. The molecule has 2 nitrogen and oxygen atoms in total. The van der Waals surface area contributed by atoms with Gasteiger partial charge in [0.15, 0.2) is 0 Å². The van der Waals surface area contributed by atoms with Crippen LogP contribution in [0.2, 0.25) is 0 Å². The molecule has 2 unspecified atom stereocenters. The van der Waals surface area contributed by atoms with Gasteiger partial charge in [0.1, 0.15) is 5.78 Å². The summed E-state index contributed by atoms with van der Waals surface area (Å²) in [5, 5.41) is 10.1. The van der Waals surface area contributed by atoms with Gasteiger partial charge >= 0.3 is 0 Å². The highest BCUT2D eigenvalue weighted by atomic mass is 16.3. The zero-order valence-corrected chi connectivity index (χ0v) is 13.2. The summed E-state index contributed by atoms with van der Waals surface area (Å²) < 4.78 is 0. The Kier molecular flexibility index (Phi) is 3.17. The van der Waals surface area contributed by atoms with Crippen LogP contribution in [0.3, 0.4) is 0 Å². The lowest BCUT2D eigenvalue weighted by molar-refractivity contribution is -0.142. The number of ketones is 1. The van der Waals surface area contributed by atoms with Crippen molar-refractivity contribution in [2.24, 2.45) is 22.2 Å². The van der Waals surface area contributed by atoms with E-state index in [1.54, 1.807) is 0 Å². The molecule has 0 bridgehead atoms. The molecule has 2 heteroatoms. The van der Waals surface area contributed by atoms with Crippen LogP contribution in [0.15, 0.2) is 11.6 Å². The maximum Gasteiger partial charge on any atom is 0.138 e. The average molecular weight is 276 g/mol. The Hall–Kier alpha value is -0.630. The van der Waals surface area contributed by atoms with Gasteiger partial charge in [-0.2, -0.15) is 0 Å². The third-order valence-corrected chi connectivity index (χ3v) is 6.84. The molecule has 3 atom stereocenters. The predicted octanol–water partition coefficient (Wildman–Crippen LogP) is 3.88. The maximum atomic E-state index is 12.4. The van der Waals surface area contributed by atoms with Crippen LogP contribution in [0.5, 0.6) is 0 Å². The molecule has 3 rings (SSSR count). The van der Waals surface area contributed by atoms with Gasteiger partial charge in [-0.1, -0.05) is 32.4 Å². The molecule has 0 amide bonds. The number of rotatable bonds is 1. The molecule has 0 aromatic carbocycles. The Morgan fingerprint density at radius 1 is 1.25 bits per heavy atom. The number of carbonyl (C=O) groups excluding carboxylic acids is 1. The van der Waals surface area contributed by atoms with Crippen LogP contribution in [0.1, 0.15) is 65.7 Å². The second kappa shape index (κ2) is 4.43. The molecule has 112 valence electrons. The minimum absolute atomic E-state index is 0.0277. The molecule has 0 heterocycles. The molecule has 2 saturated carbocycles. The largest absolute Gasteiger partial charge is 0.395 e. The molecule has 20 heavy (non-hydrogen) atoms. The highest BCUT2D eigenvalue weighted by Gasteiger charge is 2.59. The first-order valence-electron chi connectivity index (χ1n) is 8.22. The summed E-state index contributed by atoms with van der Waals surface area (Å²) in [6, 6.07) is 0. The molecule has 3 aliphatic rings. The van der Waals surface area contributed by atoms with E-state index < -0.39 is 0 Å². The van der Waals surface area contributed by atoms with Crippen molar-refractivity contribution in [3.05, 3.63) is 11.6 Å². The van der Waals surface area contributed by atoms with Gasteiger partial charge in [-0.05, 0) is 49.9 Å². The number of hydrogen-bond acceptors (Lipinski definition) is 2. The third kappa shape index (κ3) is 1.70. The van der Waals surface area contributed by atoms with Crippen LogP contribution >= 0.6 is 0 Å². The van der Waals surface area contributed by atoms with Gasteiger partial charge in [0, 0.05) is 17.3 Å². The number of hydrogen-bond donors (Lipinski definition) is 1. The van der Waals surface area contributed by atoms with E-state index >= 15 is 0 Å². The summed E-state index contributed by atoms with van der Waals surface area (Å²) >= 11 is 0. The SMILES string of the molecule is CC1(C)C(=O)CCC2(C)C3=CCCCC3(CO)CC[C@@H]12. The lowest BCUT2D eigenvalue weighted by Crippen LogP contribution is -2.55. The van der Waals surface area contributed by atoms with Gasteiger partial charge in [0.05, 0.1) is 6.61 Å².